The SMILES string of the molecule is Nc1ccc(Oc2ccc(O)cc2-c2ccccc2)cc1. The summed E-state index contributed by atoms with van der Waals surface area (Å²) in [5.41, 5.74) is 8.19. The zero-order valence-corrected chi connectivity index (χ0v) is 11.4. The number of nitrogens with two attached hydrogens (primary N) is 1. The molecule has 0 saturated carbocycles. The van der Waals surface area contributed by atoms with Crippen LogP contribution in [0, 0.1) is 0 Å². The quantitative estimate of drug-likeness (QED) is 0.696. The van der Waals surface area contributed by atoms with E-state index in [0.717, 1.165) is 11.1 Å². The summed E-state index contributed by atoms with van der Waals surface area (Å²) in [5.74, 6) is 1.59. The van der Waals surface area contributed by atoms with Crippen molar-refractivity contribution in [2.75, 3.05) is 5.73 Å². The number of hydrogen-bond donors (Lipinski definition) is 2. The molecule has 0 saturated heterocycles. The maximum absolute atomic E-state index is 9.73. The van der Waals surface area contributed by atoms with E-state index in [1.54, 1.807) is 30.3 Å². The summed E-state index contributed by atoms with van der Waals surface area (Å²) < 4.78 is 5.91. The first-order valence-corrected chi connectivity index (χ1v) is 6.64. The van der Waals surface area contributed by atoms with Crippen LogP contribution in [0.5, 0.6) is 17.2 Å². The first-order valence-electron chi connectivity index (χ1n) is 6.64. The topological polar surface area (TPSA) is 55.5 Å². The smallest absolute Gasteiger partial charge is 0.135 e. The number of phenolic OH excluding ortho intramolecular Hbond substituents is 1. The number of hydrogen-bond acceptors (Lipinski definition) is 3. The van der Waals surface area contributed by atoms with Crippen molar-refractivity contribution in [3.05, 3.63) is 72.8 Å². The second-order valence-corrected chi connectivity index (χ2v) is 4.72. The number of benzene rings is 3. The molecule has 3 nitrogen and oxygen atoms in total. The van der Waals surface area contributed by atoms with Gasteiger partial charge in [0.15, 0.2) is 0 Å². The van der Waals surface area contributed by atoms with Gasteiger partial charge in [-0.25, -0.2) is 0 Å². The van der Waals surface area contributed by atoms with E-state index >= 15 is 0 Å². The molecule has 0 bridgehead atoms. The molecule has 21 heavy (non-hydrogen) atoms. The third kappa shape index (κ3) is 2.98. The van der Waals surface area contributed by atoms with E-state index < -0.39 is 0 Å². The molecule has 0 spiro atoms. The van der Waals surface area contributed by atoms with Crippen molar-refractivity contribution in [1.82, 2.24) is 0 Å². The van der Waals surface area contributed by atoms with Gasteiger partial charge >= 0.3 is 0 Å². The van der Waals surface area contributed by atoms with E-state index in [2.05, 4.69) is 0 Å². The minimum Gasteiger partial charge on any atom is -0.508 e. The Morgan fingerprint density at radius 3 is 2.24 bits per heavy atom. The Morgan fingerprint density at radius 2 is 1.52 bits per heavy atom. The Kier molecular flexibility index (Phi) is 3.48. The van der Waals surface area contributed by atoms with E-state index in [1.807, 2.05) is 42.5 Å². The van der Waals surface area contributed by atoms with Crippen molar-refractivity contribution < 1.29 is 9.84 Å². The lowest BCUT2D eigenvalue weighted by Crippen LogP contribution is -1.89. The maximum atomic E-state index is 9.73. The molecule has 0 atom stereocenters. The summed E-state index contributed by atoms with van der Waals surface area (Å²) in [5, 5.41) is 9.73. The highest BCUT2D eigenvalue weighted by Gasteiger charge is 2.08. The minimum absolute atomic E-state index is 0.207. The zero-order chi connectivity index (χ0) is 14.7. The Bertz CT molecular complexity index is 737. The van der Waals surface area contributed by atoms with Gasteiger partial charge in [-0.2, -0.15) is 0 Å². The van der Waals surface area contributed by atoms with Gasteiger partial charge in [0.2, 0.25) is 0 Å². The molecular weight excluding hydrogens is 262 g/mol. The highest BCUT2D eigenvalue weighted by Crippen LogP contribution is 2.35. The summed E-state index contributed by atoms with van der Waals surface area (Å²) in [7, 11) is 0. The summed E-state index contributed by atoms with van der Waals surface area (Å²) in [6, 6.07) is 22.1. The van der Waals surface area contributed by atoms with Gasteiger partial charge in [-0.05, 0) is 48.0 Å². The van der Waals surface area contributed by atoms with Gasteiger partial charge in [-0.3, -0.25) is 0 Å². The molecule has 104 valence electrons. The fraction of sp³-hybridized carbons (Fsp3) is 0. The number of nitrogen functional groups attached to an aromatic ring is 1. The van der Waals surface area contributed by atoms with E-state index in [-0.39, 0.29) is 5.75 Å². The molecule has 0 aromatic heterocycles. The van der Waals surface area contributed by atoms with Crippen LogP contribution < -0.4 is 10.5 Å². The molecule has 0 fully saturated rings. The molecular formula is C18H15NO2. The summed E-state index contributed by atoms with van der Waals surface area (Å²) in [6.45, 7) is 0. The molecule has 0 heterocycles. The van der Waals surface area contributed by atoms with E-state index in [9.17, 15) is 5.11 Å². The molecule has 0 aliphatic rings. The monoisotopic (exact) mass is 277 g/mol. The largest absolute Gasteiger partial charge is 0.508 e. The fourth-order valence-corrected chi connectivity index (χ4v) is 2.11. The van der Waals surface area contributed by atoms with Gasteiger partial charge in [0.25, 0.3) is 0 Å². The third-order valence-electron chi connectivity index (χ3n) is 3.16. The molecule has 0 aliphatic heterocycles. The predicted molar refractivity (Wildman–Crippen MR) is 84.5 cm³/mol. The molecule has 3 aromatic carbocycles. The highest BCUT2D eigenvalue weighted by atomic mass is 16.5. The Labute approximate surface area is 123 Å². The van der Waals surface area contributed by atoms with Crippen LogP contribution in [0.3, 0.4) is 0 Å². The van der Waals surface area contributed by atoms with Crippen LogP contribution in [0.15, 0.2) is 72.8 Å². The zero-order valence-electron chi connectivity index (χ0n) is 11.4. The number of rotatable bonds is 3. The van der Waals surface area contributed by atoms with Crippen molar-refractivity contribution >= 4 is 5.69 Å². The van der Waals surface area contributed by atoms with Crippen molar-refractivity contribution in [3.63, 3.8) is 0 Å². The summed E-state index contributed by atoms with van der Waals surface area (Å²) in [4.78, 5) is 0. The number of aromatic hydroxyl groups is 1. The van der Waals surface area contributed by atoms with Gasteiger partial charge in [-0.1, -0.05) is 30.3 Å². The second-order valence-electron chi connectivity index (χ2n) is 4.72. The fourth-order valence-electron chi connectivity index (χ4n) is 2.11. The molecule has 3 heteroatoms. The van der Waals surface area contributed by atoms with E-state index in [0.29, 0.717) is 17.2 Å². The number of phenols is 1. The van der Waals surface area contributed by atoms with E-state index in [4.69, 9.17) is 10.5 Å². The molecule has 3 aromatic rings. The lowest BCUT2D eigenvalue weighted by Gasteiger charge is -2.12. The molecule has 0 amide bonds. The van der Waals surface area contributed by atoms with Crippen molar-refractivity contribution in [1.29, 1.82) is 0 Å². The van der Waals surface area contributed by atoms with Crippen molar-refractivity contribution in [2.24, 2.45) is 0 Å². The molecule has 0 radical (unpaired) electrons. The third-order valence-corrected chi connectivity index (χ3v) is 3.16. The predicted octanol–water partition coefficient (Wildman–Crippen LogP) is 4.43. The Balaban J connectivity index is 2.00. The molecule has 3 N–H and O–H groups in total. The Morgan fingerprint density at radius 1 is 0.810 bits per heavy atom. The first-order chi connectivity index (χ1) is 10.2. The first kappa shape index (κ1) is 13.1. The van der Waals surface area contributed by atoms with Gasteiger partial charge < -0.3 is 15.6 Å². The van der Waals surface area contributed by atoms with Gasteiger partial charge in [0.05, 0.1) is 0 Å². The van der Waals surface area contributed by atoms with Crippen molar-refractivity contribution in [3.8, 4) is 28.4 Å². The average Bonchev–Trinajstić information content (AvgIpc) is 2.52. The van der Waals surface area contributed by atoms with Crippen LogP contribution in [-0.2, 0) is 0 Å². The molecule has 0 aliphatic carbocycles. The number of ether oxygens (including phenoxy) is 1. The standard InChI is InChI=1S/C18H15NO2/c19-14-6-9-16(10-7-14)21-18-11-8-15(20)12-17(18)13-4-2-1-3-5-13/h1-12,20H,19H2. The van der Waals surface area contributed by atoms with E-state index in [1.165, 1.54) is 0 Å². The van der Waals surface area contributed by atoms with Gasteiger partial charge in [0.1, 0.15) is 17.2 Å². The van der Waals surface area contributed by atoms with Crippen LogP contribution in [0.4, 0.5) is 5.69 Å². The van der Waals surface area contributed by atoms with Crippen LogP contribution in [0.2, 0.25) is 0 Å². The average molecular weight is 277 g/mol. The Hall–Kier alpha value is -2.94. The van der Waals surface area contributed by atoms with Crippen LogP contribution >= 0.6 is 0 Å². The maximum Gasteiger partial charge on any atom is 0.135 e. The minimum atomic E-state index is 0.207. The lowest BCUT2D eigenvalue weighted by atomic mass is 10.0. The van der Waals surface area contributed by atoms with Gasteiger partial charge in [-0.15, -0.1) is 0 Å². The van der Waals surface area contributed by atoms with Crippen LogP contribution in [0.25, 0.3) is 11.1 Å². The number of anilines is 1. The van der Waals surface area contributed by atoms with Crippen LogP contribution in [-0.4, -0.2) is 5.11 Å². The molecule has 0 unspecified atom stereocenters. The summed E-state index contributed by atoms with van der Waals surface area (Å²) >= 11 is 0. The summed E-state index contributed by atoms with van der Waals surface area (Å²) in [6.07, 6.45) is 0. The molecule has 3 rings (SSSR count). The van der Waals surface area contributed by atoms with Gasteiger partial charge in [0, 0.05) is 11.3 Å². The second kappa shape index (κ2) is 5.59. The highest BCUT2D eigenvalue weighted by molar-refractivity contribution is 5.72. The van der Waals surface area contributed by atoms with Crippen molar-refractivity contribution in [2.45, 2.75) is 0 Å². The lowest BCUT2D eigenvalue weighted by molar-refractivity contribution is 0.466. The van der Waals surface area contributed by atoms with Crippen LogP contribution in [0.1, 0.15) is 0 Å². The normalized spacial score (nSPS) is 10.3.